The fourth-order valence-electron chi connectivity index (χ4n) is 6.78. The number of fused-ring (bicyclic) bond motifs is 1. The van der Waals surface area contributed by atoms with Crippen LogP contribution in [0.5, 0.6) is 0 Å². The fourth-order valence-corrected chi connectivity index (χ4v) is 9.36. The third-order valence-electron chi connectivity index (χ3n) is 9.46. The number of aryl methyl sites for hydroxylation is 1. The molecule has 2 saturated heterocycles. The van der Waals surface area contributed by atoms with Crippen LogP contribution in [0.4, 0.5) is 16.2 Å². The number of carbonyl (C=O) groups is 3. The van der Waals surface area contributed by atoms with Gasteiger partial charge in [-0.2, -0.15) is 0 Å². The van der Waals surface area contributed by atoms with Crippen molar-refractivity contribution >= 4 is 52.4 Å². The van der Waals surface area contributed by atoms with E-state index in [0.717, 1.165) is 4.88 Å². The number of aliphatic hydroxyl groups is 2. The summed E-state index contributed by atoms with van der Waals surface area (Å²) in [6, 6.07) is 10.2. The normalized spacial score (nSPS) is 22.9. The zero-order chi connectivity index (χ0) is 37.4. The van der Waals surface area contributed by atoms with E-state index >= 15 is 0 Å². The van der Waals surface area contributed by atoms with Gasteiger partial charge in [0, 0.05) is 51.8 Å². The molecule has 6 atom stereocenters. The Morgan fingerprint density at radius 1 is 1.04 bits per heavy atom. The van der Waals surface area contributed by atoms with Crippen LogP contribution in [0.3, 0.4) is 0 Å². The summed E-state index contributed by atoms with van der Waals surface area (Å²) in [5, 5.41) is 42.6. The van der Waals surface area contributed by atoms with Gasteiger partial charge >= 0.3 is 12.1 Å². The van der Waals surface area contributed by atoms with Gasteiger partial charge in [0.05, 0.1) is 46.3 Å². The van der Waals surface area contributed by atoms with Crippen LogP contribution in [0, 0.1) is 39.0 Å². The third kappa shape index (κ3) is 7.10. The molecule has 1 aromatic heterocycles. The molecule has 0 radical (unpaired) electrons. The van der Waals surface area contributed by atoms with Gasteiger partial charge in [-0.05, 0) is 55.7 Å². The number of hydrogen-bond donors (Lipinski definition) is 2. The maximum absolute atomic E-state index is 13.7. The summed E-state index contributed by atoms with van der Waals surface area (Å²) in [7, 11) is 0. The van der Waals surface area contributed by atoms with E-state index in [1.165, 1.54) is 88.4 Å². The lowest BCUT2D eigenvalue weighted by Gasteiger charge is -2.46. The molecule has 0 aliphatic carbocycles. The van der Waals surface area contributed by atoms with Crippen molar-refractivity contribution in [2.24, 2.45) is 11.8 Å². The number of nitro benzene ring substituents is 2. The molecule has 2 unspecified atom stereocenters. The number of nitro groups is 2. The molecule has 16 nitrogen and oxygen atoms in total. The molecule has 3 aromatic rings. The van der Waals surface area contributed by atoms with Crippen molar-refractivity contribution in [1.29, 1.82) is 0 Å². The average Bonchev–Trinajstić information content (AvgIpc) is 3.78. The van der Waals surface area contributed by atoms with Crippen molar-refractivity contribution in [3.63, 3.8) is 0 Å². The first-order valence-electron chi connectivity index (χ1n) is 16.3. The number of β-lactam (4-membered cyclic amide) rings is 1. The number of ether oxygens (including phenoxy) is 2. The number of hydrogen-bond acceptors (Lipinski definition) is 14. The highest BCUT2D eigenvalue weighted by molar-refractivity contribution is 8.03. The molecule has 2 N–H and O–H groups in total. The Kier molecular flexibility index (Phi) is 10.6. The Morgan fingerprint density at radius 2 is 1.62 bits per heavy atom. The van der Waals surface area contributed by atoms with Crippen LogP contribution in [0.15, 0.2) is 59.1 Å². The standard InChI is InChI=1S/C34H35N5O11S2/c1-17-28-27(18(2)41)32(42)37(28)29(33(43)49-15-20-4-8-22(9-5-20)38(45)46)30(17)52-24-12-26(31-35-25(14-40)19(3)51-31)36(13-24)34(44)50-16-21-6-10-23(11-7-21)39(47)48/h4-11,17-18,24,26-28,40-41H,12-16H2,1-3H3/t17-,18-,24+,26+,27?,28?/m1/s1. The number of non-ortho nitro benzene ring substituents is 2. The minimum atomic E-state index is -0.955. The SMILES string of the molecule is Cc1sc([C@@H]2C[C@H](SC3=C(C(=O)OCc4ccc([N+](=O)[O-])cc4)N4C(=O)C([C@@H](C)O)C4[C@H]3C)CN2C(=O)OCc2ccc([N+](=O)[O-])cc2)nc1CO. The van der Waals surface area contributed by atoms with Gasteiger partial charge < -0.3 is 24.6 Å². The summed E-state index contributed by atoms with van der Waals surface area (Å²) in [6.07, 6.45) is -1.20. The van der Waals surface area contributed by atoms with Crippen molar-refractivity contribution in [1.82, 2.24) is 14.8 Å². The molecule has 2 aromatic carbocycles. The maximum atomic E-state index is 13.7. The Balaban J connectivity index is 1.25. The summed E-state index contributed by atoms with van der Waals surface area (Å²) in [5.74, 6) is -2.23. The number of nitrogens with zero attached hydrogens (tertiary/aromatic N) is 5. The van der Waals surface area contributed by atoms with Gasteiger partial charge in [-0.25, -0.2) is 14.6 Å². The van der Waals surface area contributed by atoms with Crippen LogP contribution in [-0.2, 0) is 38.9 Å². The Hall–Kier alpha value is -4.91. The number of carbonyl (C=O) groups excluding carboxylic acids is 3. The summed E-state index contributed by atoms with van der Waals surface area (Å²) >= 11 is 2.70. The highest BCUT2D eigenvalue weighted by Crippen LogP contribution is 2.53. The topological polar surface area (TPSA) is 216 Å². The first-order valence-corrected chi connectivity index (χ1v) is 18.0. The smallest absolute Gasteiger partial charge is 0.410 e. The quantitative estimate of drug-likeness (QED) is 0.111. The van der Waals surface area contributed by atoms with Crippen molar-refractivity contribution < 1.29 is 43.9 Å². The molecule has 4 heterocycles. The molecule has 2 fully saturated rings. The van der Waals surface area contributed by atoms with E-state index in [1.807, 2.05) is 13.8 Å². The summed E-state index contributed by atoms with van der Waals surface area (Å²) < 4.78 is 11.3. The van der Waals surface area contributed by atoms with E-state index in [9.17, 15) is 44.8 Å². The Bertz CT molecular complexity index is 1930. The number of thiazole rings is 1. The van der Waals surface area contributed by atoms with Gasteiger partial charge in [-0.15, -0.1) is 23.1 Å². The number of thioether (sulfide) groups is 1. The first-order chi connectivity index (χ1) is 24.8. The Morgan fingerprint density at radius 3 is 2.13 bits per heavy atom. The second-order valence-electron chi connectivity index (χ2n) is 12.8. The molecule has 2 amide bonds. The zero-order valence-electron chi connectivity index (χ0n) is 28.2. The zero-order valence-corrected chi connectivity index (χ0v) is 29.9. The van der Waals surface area contributed by atoms with Crippen molar-refractivity contribution in [3.8, 4) is 0 Å². The van der Waals surface area contributed by atoms with Gasteiger partial charge in [-0.3, -0.25) is 29.9 Å². The van der Waals surface area contributed by atoms with Crippen molar-refractivity contribution in [3.05, 3.63) is 106 Å². The van der Waals surface area contributed by atoms with Gasteiger partial charge in [-0.1, -0.05) is 6.92 Å². The molecular weight excluding hydrogens is 719 g/mol. The fraction of sp³-hybridized carbons (Fsp3) is 0.412. The van der Waals surface area contributed by atoms with Crippen molar-refractivity contribution in [2.45, 2.75) is 70.5 Å². The number of aliphatic hydroxyl groups excluding tert-OH is 2. The van der Waals surface area contributed by atoms with E-state index in [1.54, 1.807) is 0 Å². The lowest BCUT2D eigenvalue weighted by Crippen LogP contribution is -2.63. The molecule has 0 spiro atoms. The Labute approximate surface area is 305 Å². The summed E-state index contributed by atoms with van der Waals surface area (Å²) in [4.78, 5) is 70.6. The number of benzene rings is 2. The average molecular weight is 754 g/mol. The number of rotatable bonds is 12. The van der Waals surface area contributed by atoms with Crippen LogP contribution in [-0.4, -0.2) is 76.8 Å². The first kappa shape index (κ1) is 36.9. The minimum Gasteiger partial charge on any atom is -0.456 e. The molecular formula is C34H35N5O11S2. The third-order valence-corrected chi connectivity index (χ3v) is 12.1. The molecule has 274 valence electrons. The highest BCUT2D eigenvalue weighted by atomic mass is 32.2. The second-order valence-corrected chi connectivity index (χ2v) is 15.4. The lowest BCUT2D eigenvalue weighted by molar-refractivity contribution is -0.385. The molecule has 18 heteroatoms. The van der Waals surface area contributed by atoms with Crippen LogP contribution in [0.25, 0.3) is 0 Å². The van der Waals surface area contributed by atoms with E-state index in [0.29, 0.717) is 33.2 Å². The predicted octanol–water partition coefficient (Wildman–Crippen LogP) is 4.76. The van der Waals surface area contributed by atoms with Gasteiger partial charge in [0.15, 0.2) is 0 Å². The number of esters is 1. The largest absolute Gasteiger partial charge is 0.456 e. The number of likely N-dealkylation sites (tertiary alicyclic amines) is 1. The van der Waals surface area contributed by atoms with Gasteiger partial charge in [0.2, 0.25) is 5.91 Å². The van der Waals surface area contributed by atoms with Crippen LogP contribution >= 0.6 is 23.1 Å². The number of amides is 2. The molecule has 52 heavy (non-hydrogen) atoms. The van der Waals surface area contributed by atoms with Crippen molar-refractivity contribution in [2.75, 3.05) is 6.54 Å². The lowest BCUT2D eigenvalue weighted by atomic mass is 9.79. The van der Waals surface area contributed by atoms with E-state index < -0.39 is 51.9 Å². The van der Waals surface area contributed by atoms with Crippen LogP contribution < -0.4 is 0 Å². The molecule has 3 aliphatic heterocycles. The second kappa shape index (κ2) is 15.0. The molecule has 0 saturated carbocycles. The predicted molar refractivity (Wildman–Crippen MR) is 186 cm³/mol. The monoisotopic (exact) mass is 753 g/mol. The van der Waals surface area contributed by atoms with Crippen LogP contribution in [0.1, 0.15) is 53.0 Å². The molecule has 0 bridgehead atoms. The van der Waals surface area contributed by atoms with E-state index in [2.05, 4.69) is 4.98 Å². The van der Waals surface area contributed by atoms with Gasteiger partial charge in [0.25, 0.3) is 11.4 Å². The summed E-state index contributed by atoms with van der Waals surface area (Å²) in [5.41, 5.74) is 1.42. The molecule has 3 aliphatic rings. The van der Waals surface area contributed by atoms with Gasteiger partial charge in [0.1, 0.15) is 23.9 Å². The minimum absolute atomic E-state index is 0.0646. The van der Waals surface area contributed by atoms with Crippen LogP contribution in [0.2, 0.25) is 0 Å². The maximum Gasteiger partial charge on any atom is 0.410 e. The number of aromatic nitrogens is 1. The highest BCUT2D eigenvalue weighted by Gasteiger charge is 2.60. The molecule has 6 rings (SSSR count). The van der Waals surface area contributed by atoms with E-state index in [4.69, 9.17) is 9.47 Å². The summed E-state index contributed by atoms with van der Waals surface area (Å²) in [6.45, 7) is 4.80. The van der Waals surface area contributed by atoms with E-state index in [-0.39, 0.29) is 54.6 Å².